The number of benzene rings is 1. The Morgan fingerprint density at radius 2 is 2.03 bits per heavy atom. The number of nitrogens with zero attached hydrogens (tertiary/aromatic N) is 5. The van der Waals surface area contributed by atoms with E-state index in [0.717, 1.165) is 24.2 Å². The van der Waals surface area contributed by atoms with Gasteiger partial charge in [-0.1, -0.05) is 26.8 Å². The number of halogens is 1. The molecule has 0 spiro atoms. The number of amides is 1. The number of rotatable bonds is 1. The predicted molar refractivity (Wildman–Crippen MR) is 138 cm³/mol. The monoisotopic (exact) mass is 490 g/mol. The number of hydrogen-bond acceptors (Lipinski definition) is 6. The summed E-state index contributed by atoms with van der Waals surface area (Å²) in [5.74, 6) is 0.356. The average Bonchev–Trinajstić information content (AvgIpc) is 3.30. The van der Waals surface area contributed by atoms with Gasteiger partial charge < -0.3 is 15.0 Å². The summed E-state index contributed by atoms with van der Waals surface area (Å²) in [5, 5.41) is 7.23. The standard InChI is InChI=1S/C27H31FN6O2/c1-15(2)18-8-9-20-22(13-18)34-14-16(3)7-6-10-36-26-23(24(28)32-33(26)5)21-12-19(11-17(4)29-21)25(35)31-27(34)30-20/h8-9,11-13,15-16H,6-7,10,14H2,1-5H3,(H,30,31,35)/t16-/m1/s1. The van der Waals surface area contributed by atoms with Crippen LogP contribution in [0.25, 0.3) is 11.3 Å². The Hall–Kier alpha value is -3.75. The molecular formula is C27H31FN6O2. The first kappa shape index (κ1) is 24.0. The molecule has 1 aromatic carbocycles. The van der Waals surface area contributed by atoms with Crippen molar-refractivity contribution in [3.05, 3.63) is 53.1 Å². The number of nitrogens with one attached hydrogen (secondary N) is 1. The lowest BCUT2D eigenvalue weighted by molar-refractivity contribution is 0.100. The lowest BCUT2D eigenvalue weighted by atomic mass is 10.0. The molecule has 2 bridgehead atoms. The van der Waals surface area contributed by atoms with E-state index in [-0.39, 0.29) is 5.56 Å². The molecule has 8 nitrogen and oxygen atoms in total. The zero-order valence-corrected chi connectivity index (χ0v) is 21.3. The van der Waals surface area contributed by atoms with E-state index in [1.807, 2.05) is 6.07 Å². The van der Waals surface area contributed by atoms with E-state index in [9.17, 15) is 9.18 Å². The lowest BCUT2D eigenvalue weighted by Gasteiger charge is -2.23. The molecule has 5 rings (SSSR count). The highest BCUT2D eigenvalue weighted by atomic mass is 19.1. The third-order valence-corrected chi connectivity index (χ3v) is 6.67. The molecular weight excluding hydrogens is 459 g/mol. The van der Waals surface area contributed by atoms with Crippen LogP contribution in [0.3, 0.4) is 0 Å². The van der Waals surface area contributed by atoms with Gasteiger partial charge in [0.2, 0.25) is 17.8 Å². The topological polar surface area (TPSA) is 84.6 Å². The summed E-state index contributed by atoms with van der Waals surface area (Å²) < 4.78 is 22.2. The first-order valence-corrected chi connectivity index (χ1v) is 12.4. The summed E-state index contributed by atoms with van der Waals surface area (Å²) >= 11 is 0. The van der Waals surface area contributed by atoms with Gasteiger partial charge in [-0.25, -0.2) is 4.68 Å². The number of aryl methyl sites for hydroxylation is 2. The Bertz CT molecular complexity index is 1360. The second-order valence-corrected chi connectivity index (χ2v) is 9.98. The number of guanidine groups is 1. The second kappa shape index (κ2) is 9.37. The molecule has 2 aliphatic heterocycles. The van der Waals surface area contributed by atoms with E-state index in [1.54, 1.807) is 26.1 Å². The highest BCUT2D eigenvalue weighted by Gasteiger charge is 2.29. The Kier molecular flexibility index (Phi) is 6.24. The zero-order valence-electron chi connectivity index (χ0n) is 21.3. The maximum Gasteiger partial charge on any atom is 0.280 e. The van der Waals surface area contributed by atoms with Crippen LogP contribution in [0.2, 0.25) is 0 Å². The van der Waals surface area contributed by atoms with Gasteiger partial charge in [-0.3, -0.25) is 9.78 Å². The normalized spacial score (nSPS) is 19.3. The molecule has 4 heterocycles. The van der Waals surface area contributed by atoms with E-state index >= 15 is 0 Å². The molecule has 3 aromatic rings. The molecule has 0 fully saturated rings. The van der Waals surface area contributed by atoms with Crippen molar-refractivity contribution >= 4 is 23.2 Å². The van der Waals surface area contributed by atoms with Crippen LogP contribution in [-0.2, 0) is 7.05 Å². The fourth-order valence-electron chi connectivity index (χ4n) is 4.75. The highest BCUT2D eigenvalue weighted by Crippen LogP contribution is 2.37. The minimum absolute atomic E-state index is 0.153. The van der Waals surface area contributed by atoms with Crippen molar-refractivity contribution in [1.29, 1.82) is 0 Å². The zero-order chi connectivity index (χ0) is 25.6. The molecule has 1 atom stereocenters. The maximum absolute atomic E-state index is 14.9. The molecule has 0 unspecified atom stereocenters. The molecule has 0 saturated heterocycles. The third kappa shape index (κ3) is 4.45. The Morgan fingerprint density at radius 3 is 2.81 bits per heavy atom. The van der Waals surface area contributed by atoms with E-state index in [4.69, 9.17) is 4.74 Å². The number of anilines is 2. The van der Waals surface area contributed by atoms with Crippen molar-refractivity contribution in [3.63, 3.8) is 0 Å². The number of ether oxygens (including phenoxy) is 1. The minimum atomic E-state index is -0.687. The Morgan fingerprint density at radius 1 is 1.22 bits per heavy atom. The fraction of sp³-hybridized carbons (Fsp3) is 0.407. The van der Waals surface area contributed by atoms with E-state index in [1.165, 1.54) is 10.2 Å². The molecule has 0 aliphatic carbocycles. The van der Waals surface area contributed by atoms with Crippen molar-refractivity contribution < 1.29 is 13.9 Å². The molecule has 36 heavy (non-hydrogen) atoms. The van der Waals surface area contributed by atoms with E-state index < -0.39 is 11.9 Å². The van der Waals surface area contributed by atoms with Crippen LogP contribution >= 0.6 is 0 Å². The highest BCUT2D eigenvalue weighted by molar-refractivity contribution is 6.19. The van der Waals surface area contributed by atoms with Gasteiger partial charge in [-0.05, 0) is 61.4 Å². The SMILES string of the molecule is Cc1cc2cc(n1)-c1c(F)nn(C)c1OCCC[C@@H](C)CN1/C(=N/C2=O)Nc2ccc(C(C)C)cc21. The van der Waals surface area contributed by atoms with Crippen LogP contribution in [0.15, 0.2) is 35.3 Å². The van der Waals surface area contributed by atoms with Crippen LogP contribution in [0, 0.1) is 18.8 Å². The van der Waals surface area contributed by atoms with Crippen molar-refractivity contribution in [2.24, 2.45) is 18.0 Å². The van der Waals surface area contributed by atoms with E-state index in [0.29, 0.717) is 53.8 Å². The average molecular weight is 491 g/mol. The van der Waals surface area contributed by atoms with Crippen LogP contribution < -0.4 is 15.0 Å². The lowest BCUT2D eigenvalue weighted by Crippen LogP contribution is -2.35. The number of carbonyl (C=O) groups is 1. The van der Waals surface area contributed by atoms with Gasteiger partial charge in [0.1, 0.15) is 5.56 Å². The van der Waals surface area contributed by atoms with Crippen LogP contribution in [0.1, 0.15) is 61.1 Å². The maximum atomic E-state index is 14.9. The van der Waals surface area contributed by atoms with Gasteiger partial charge in [0, 0.05) is 24.8 Å². The Labute approximate surface area is 210 Å². The summed E-state index contributed by atoms with van der Waals surface area (Å²) in [7, 11) is 1.63. The predicted octanol–water partition coefficient (Wildman–Crippen LogP) is 5.29. The molecule has 188 valence electrons. The van der Waals surface area contributed by atoms with Crippen molar-refractivity contribution in [3.8, 4) is 17.1 Å². The molecule has 1 amide bonds. The quantitative estimate of drug-likeness (QED) is 0.499. The van der Waals surface area contributed by atoms with Crippen molar-refractivity contribution in [2.75, 3.05) is 23.4 Å². The molecule has 2 aliphatic rings. The van der Waals surface area contributed by atoms with Crippen molar-refractivity contribution in [1.82, 2.24) is 14.8 Å². The molecule has 0 radical (unpaired) electrons. The van der Waals surface area contributed by atoms with Crippen molar-refractivity contribution in [2.45, 2.75) is 46.5 Å². The van der Waals surface area contributed by atoms with Gasteiger partial charge in [-0.15, -0.1) is 5.10 Å². The second-order valence-electron chi connectivity index (χ2n) is 9.98. The third-order valence-electron chi connectivity index (χ3n) is 6.67. The number of fused-ring (bicyclic) bond motifs is 7. The Balaban J connectivity index is 1.61. The van der Waals surface area contributed by atoms with Gasteiger partial charge in [0.25, 0.3) is 5.91 Å². The van der Waals surface area contributed by atoms with Crippen LogP contribution in [0.5, 0.6) is 5.88 Å². The van der Waals surface area contributed by atoms with Gasteiger partial charge in [0.05, 0.1) is 23.7 Å². The fourth-order valence-corrected chi connectivity index (χ4v) is 4.75. The largest absolute Gasteiger partial charge is 0.477 e. The van der Waals surface area contributed by atoms with Crippen LogP contribution in [0.4, 0.5) is 15.8 Å². The number of carbonyl (C=O) groups excluding carboxylic acids is 1. The molecule has 9 heteroatoms. The number of aliphatic imine (C=N–C) groups is 1. The van der Waals surface area contributed by atoms with Crippen LogP contribution in [-0.4, -0.2) is 39.8 Å². The first-order valence-electron chi connectivity index (χ1n) is 12.4. The smallest absolute Gasteiger partial charge is 0.280 e. The molecule has 2 aromatic heterocycles. The number of aromatic nitrogens is 3. The van der Waals surface area contributed by atoms with Gasteiger partial charge in [-0.2, -0.15) is 9.38 Å². The minimum Gasteiger partial charge on any atom is -0.477 e. The summed E-state index contributed by atoms with van der Waals surface area (Å²) in [6, 6.07) is 9.53. The summed E-state index contributed by atoms with van der Waals surface area (Å²) in [6.45, 7) is 9.38. The summed E-state index contributed by atoms with van der Waals surface area (Å²) in [6.07, 6.45) is 1.67. The van der Waals surface area contributed by atoms with E-state index in [2.05, 4.69) is 58.2 Å². The molecule has 1 N–H and O–H groups in total. The van der Waals surface area contributed by atoms with Gasteiger partial charge in [0.15, 0.2) is 0 Å². The summed E-state index contributed by atoms with van der Waals surface area (Å²) in [4.78, 5) is 24.5. The summed E-state index contributed by atoms with van der Waals surface area (Å²) in [5.41, 5.74) is 4.52. The first-order chi connectivity index (χ1) is 17.2. The molecule has 0 saturated carbocycles. The number of hydrogen-bond donors (Lipinski definition) is 1. The number of pyridine rings is 1. The van der Waals surface area contributed by atoms with Gasteiger partial charge >= 0.3 is 0 Å².